The second-order valence-corrected chi connectivity index (χ2v) is 6.38. The van der Waals surface area contributed by atoms with Crippen molar-refractivity contribution in [2.75, 3.05) is 30.9 Å². The zero-order valence-corrected chi connectivity index (χ0v) is 13.8. The highest BCUT2D eigenvalue weighted by Gasteiger charge is 2.31. The molecule has 0 saturated carbocycles. The van der Waals surface area contributed by atoms with Crippen molar-refractivity contribution in [3.63, 3.8) is 0 Å². The van der Waals surface area contributed by atoms with Gasteiger partial charge in [0.05, 0.1) is 25.3 Å². The number of carbonyl (C=O) groups is 1. The van der Waals surface area contributed by atoms with Crippen LogP contribution >= 0.6 is 11.8 Å². The van der Waals surface area contributed by atoms with Crippen molar-refractivity contribution in [3.05, 3.63) is 54.1 Å². The standard InChI is InChI=1S/C18H19NO3S/c1-22-14-8-6-13(7-9-14)15-12-23-17-5-3-2-4-16(17)19(10-11-20)18(15)21/h2-9,15,20H,10-12H2,1H3. The molecule has 1 amide bonds. The summed E-state index contributed by atoms with van der Waals surface area (Å²) in [4.78, 5) is 15.8. The number of para-hydroxylation sites is 1. The van der Waals surface area contributed by atoms with Crippen molar-refractivity contribution in [1.82, 2.24) is 0 Å². The van der Waals surface area contributed by atoms with Gasteiger partial charge in [-0.1, -0.05) is 24.3 Å². The molecule has 0 fully saturated rings. The highest BCUT2D eigenvalue weighted by atomic mass is 32.2. The lowest BCUT2D eigenvalue weighted by Crippen LogP contribution is -2.37. The van der Waals surface area contributed by atoms with Crippen LogP contribution in [0.4, 0.5) is 5.69 Å². The number of carbonyl (C=O) groups excluding carboxylic acids is 1. The minimum atomic E-state index is -0.232. The van der Waals surface area contributed by atoms with E-state index in [1.807, 2.05) is 48.5 Å². The van der Waals surface area contributed by atoms with Gasteiger partial charge < -0.3 is 14.7 Å². The number of rotatable bonds is 4. The molecule has 0 spiro atoms. The monoisotopic (exact) mass is 329 g/mol. The number of aliphatic hydroxyl groups is 1. The van der Waals surface area contributed by atoms with Crippen molar-refractivity contribution < 1.29 is 14.6 Å². The Morgan fingerprint density at radius 3 is 2.65 bits per heavy atom. The fourth-order valence-corrected chi connectivity index (χ4v) is 3.94. The minimum absolute atomic E-state index is 0.0293. The summed E-state index contributed by atoms with van der Waals surface area (Å²) in [6.45, 7) is 0.253. The second kappa shape index (κ2) is 7.06. The Balaban J connectivity index is 1.96. The van der Waals surface area contributed by atoms with Crippen LogP contribution in [0.1, 0.15) is 11.5 Å². The van der Waals surface area contributed by atoms with E-state index in [0.717, 1.165) is 21.9 Å². The zero-order chi connectivity index (χ0) is 16.2. The first-order valence-corrected chi connectivity index (χ1v) is 8.51. The number of hydrogen-bond donors (Lipinski definition) is 1. The molecule has 0 aromatic heterocycles. The van der Waals surface area contributed by atoms with Gasteiger partial charge in [0.15, 0.2) is 0 Å². The highest BCUT2D eigenvalue weighted by molar-refractivity contribution is 7.99. The van der Waals surface area contributed by atoms with Gasteiger partial charge in [0.1, 0.15) is 5.75 Å². The normalized spacial score (nSPS) is 17.6. The zero-order valence-electron chi connectivity index (χ0n) is 12.9. The van der Waals surface area contributed by atoms with Crippen LogP contribution in [0.15, 0.2) is 53.4 Å². The molecule has 3 rings (SSSR count). The van der Waals surface area contributed by atoms with Crippen LogP contribution in [0.3, 0.4) is 0 Å². The van der Waals surface area contributed by atoms with E-state index >= 15 is 0 Å². The number of β-amino-alcohol motifs (C(OH)–C–C–N with tert-alkyl or cyclic N) is 1. The van der Waals surface area contributed by atoms with Gasteiger partial charge >= 0.3 is 0 Å². The quantitative estimate of drug-likeness (QED) is 0.937. The molecular weight excluding hydrogens is 310 g/mol. The van der Waals surface area contributed by atoms with Gasteiger partial charge in [-0.15, -0.1) is 11.8 Å². The number of fused-ring (bicyclic) bond motifs is 1. The van der Waals surface area contributed by atoms with Gasteiger partial charge in [0.25, 0.3) is 0 Å². The molecule has 1 unspecified atom stereocenters. The van der Waals surface area contributed by atoms with Gasteiger partial charge in [-0.05, 0) is 29.8 Å². The van der Waals surface area contributed by atoms with E-state index < -0.39 is 0 Å². The number of ether oxygens (including phenoxy) is 1. The molecule has 1 N–H and O–H groups in total. The van der Waals surface area contributed by atoms with Crippen molar-refractivity contribution in [2.24, 2.45) is 0 Å². The number of methoxy groups -OCH3 is 1. The van der Waals surface area contributed by atoms with Crippen LogP contribution in [-0.2, 0) is 4.79 Å². The Morgan fingerprint density at radius 2 is 1.96 bits per heavy atom. The third-order valence-corrected chi connectivity index (χ3v) is 5.12. The average molecular weight is 329 g/mol. The molecule has 0 aliphatic carbocycles. The predicted octanol–water partition coefficient (Wildman–Crippen LogP) is 2.91. The Hall–Kier alpha value is -1.98. The summed E-state index contributed by atoms with van der Waals surface area (Å²) in [6.07, 6.45) is 0. The fourth-order valence-electron chi connectivity index (χ4n) is 2.76. The van der Waals surface area contributed by atoms with E-state index in [-0.39, 0.29) is 18.4 Å². The number of anilines is 1. The first kappa shape index (κ1) is 15.9. The molecule has 0 saturated heterocycles. The topological polar surface area (TPSA) is 49.8 Å². The van der Waals surface area contributed by atoms with Gasteiger partial charge in [-0.2, -0.15) is 0 Å². The molecular formula is C18H19NO3S. The molecule has 5 heteroatoms. The average Bonchev–Trinajstić information content (AvgIpc) is 2.73. The smallest absolute Gasteiger partial charge is 0.235 e. The first-order chi connectivity index (χ1) is 11.2. The van der Waals surface area contributed by atoms with Crippen LogP contribution in [-0.4, -0.2) is 37.0 Å². The number of benzene rings is 2. The van der Waals surface area contributed by atoms with Gasteiger partial charge in [0.2, 0.25) is 5.91 Å². The molecule has 0 bridgehead atoms. The maximum atomic E-state index is 13.0. The fraction of sp³-hybridized carbons (Fsp3) is 0.278. The second-order valence-electron chi connectivity index (χ2n) is 5.32. The van der Waals surface area contributed by atoms with Crippen molar-refractivity contribution in [2.45, 2.75) is 10.8 Å². The SMILES string of the molecule is COc1ccc(C2CSc3ccccc3N(CCO)C2=O)cc1. The lowest BCUT2D eigenvalue weighted by Gasteiger charge is -2.25. The third-order valence-electron chi connectivity index (χ3n) is 3.97. The summed E-state index contributed by atoms with van der Waals surface area (Å²) in [7, 11) is 1.63. The molecule has 120 valence electrons. The number of aliphatic hydroxyl groups excluding tert-OH is 1. The van der Waals surface area contributed by atoms with E-state index in [4.69, 9.17) is 4.74 Å². The molecule has 1 aliphatic heterocycles. The van der Waals surface area contributed by atoms with Crippen molar-refractivity contribution in [3.8, 4) is 5.75 Å². The third kappa shape index (κ3) is 3.21. The summed E-state index contributed by atoms with van der Waals surface area (Å²) >= 11 is 1.68. The Morgan fingerprint density at radius 1 is 1.22 bits per heavy atom. The number of hydrogen-bond acceptors (Lipinski definition) is 4. The maximum absolute atomic E-state index is 13.0. The van der Waals surface area contributed by atoms with Crippen LogP contribution in [0.5, 0.6) is 5.75 Å². The molecule has 0 radical (unpaired) electrons. The van der Waals surface area contributed by atoms with Crippen LogP contribution in [0.25, 0.3) is 0 Å². The van der Waals surface area contributed by atoms with Crippen LogP contribution in [0, 0.1) is 0 Å². The van der Waals surface area contributed by atoms with Crippen molar-refractivity contribution >= 4 is 23.4 Å². The molecule has 1 atom stereocenters. The van der Waals surface area contributed by atoms with Gasteiger partial charge in [-0.25, -0.2) is 0 Å². The summed E-state index contributed by atoms with van der Waals surface area (Å²) in [5.74, 6) is 1.26. The largest absolute Gasteiger partial charge is 0.497 e. The lowest BCUT2D eigenvalue weighted by molar-refractivity contribution is -0.119. The van der Waals surface area contributed by atoms with Crippen LogP contribution in [0.2, 0.25) is 0 Å². The molecule has 2 aromatic carbocycles. The highest BCUT2D eigenvalue weighted by Crippen LogP contribution is 2.39. The predicted molar refractivity (Wildman–Crippen MR) is 92.3 cm³/mol. The van der Waals surface area contributed by atoms with E-state index in [2.05, 4.69) is 0 Å². The van der Waals surface area contributed by atoms with E-state index in [1.165, 1.54) is 0 Å². The maximum Gasteiger partial charge on any atom is 0.235 e. The molecule has 4 nitrogen and oxygen atoms in total. The summed E-state index contributed by atoms with van der Waals surface area (Å²) < 4.78 is 5.18. The van der Waals surface area contributed by atoms with Crippen molar-refractivity contribution in [1.29, 1.82) is 0 Å². The summed E-state index contributed by atoms with van der Waals surface area (Å²) in [5, 5.41) is 9.36. The Bertz CT molecular complexity index is 687. The van der Waals surface area contributed by atoms with Gasteiger partial charge in [-0.3, -0.25) is 4.79 Å². The lowest BCUT2D eigenvalue weighted by atomic mass is 9.99. The van der Waals surface area contributed by atoms with Crippen LogP contribution < -0.4 is 9.64 Å². The van der Waals surface area contributed by atoms with E-state index in [9.17, 15) is 9.90 Å². The van der Waals surface area contributed by atoms with E-state index in [0.29, 0.717) is 12.3 Å². The van der Waals surface area contributed by atoms with Gasteiger partial charge in [0, 0.05) is 17.2 Å². The molecule has 23 heavy (non-hydrogen) atoms. The number of thioether (sulfide) groups is 1. The minimum Gasteiger partial charge on any atom is -0.497 e. The van der Waals surface area contributed by atoms with E-state index in [1.54, 1.807) is 23.8 Å². The summed E-state index contributed by atoms with van der Waals surface area (Å²) in [5.41, 5.74) is 1.85. The Kier molecular flexibility index (Phi) is 4.88. The number of nitrogens with zero attached hydrogens (tertiary/aromatic N) is 1. The molecule has 1 heterocycles. The first-order valence-electron chi connectivity index (χ1n) is 7.52. The Labute approximate surface area is 140 Å². The molecule has 1 aliphatic rings. The molecule has 2 aromatic rings. The summed E-state index contributed by atoms with van der Waals surface area (Å²) in [6, 6.07) is 15.5. The number of amides is 1.